The van der Waals surface area contributed by atoms with Crippen LogP contribution in [0.2, 0.25) is 0 Å². The monoisotopic (exact) mass is 307 g/mol. The molecule has 0 saturated heterocycles. The molecule has 0 bridgehead atoms. The predicted molar refractivity (Wildman–Crippen MR) is 65.6 cm³/mol. The lowest BCUT2D eigenvalue weighted by Crippen LogP contribution is -2.32. The number of fused-ring (bicyclic) bond motifs is 1. The summed E-state index contributed by atoms with van der Waals surface area (Å²) < 4.78 is 61.1. The number of alkyl halides is 3. The molecule has 4 nitrogen and oxygen atoms in total. The molecule has 0 aliphatic heterocycles. The van der Waals surface area contributed by atoms with Crippen molar-refractivity contribution in [2.75, 3.05) is 0 Å². The van der Waals surface area contributed by atoms with Crippen molar-refractivity contribution in [2.24, 2.45) is 0 Å². The first kappa shape index (κ1) is 16.4. The summed E-state index contributed by atoms with van der Waals surface area (Å²) in [5.74, 6) is 0. The molecule has 0 aliphatic rings. The highest BCUT2D eigenvalue weighted by atomic mass is 32.2. The van der Waals surface area contributed by atoms with Gasteiger partial charge in [-0.25, -0.2) is 8.42 Å². The number of benzene rings is 1. The van der Waals surface area contributed by atoms with E-state index in [0.717, 1.165) is 6.54 Å². The molecule has 2 aromatic rings. The fourth-order valence-corrected chi connectivity index (χ4v) is 1.50. The maximum absolute atomic E-state index is 10.7. The van der Waals surface area contributed by atoms with Gasteiger partial charge in [0, 0.05) is 17.5 Å². The lowest BCUT2D eigenvalue weighted by Gasteiger charge is -2.08. The Labute approximate surface area is 114 Å². The number of hydrogen-bond donors (Lipinski definition) is 0. The van der Waals surface area contributed by atoms with Gasteiger partial charge in [-0.05, 0) is 19.1 Å². The molecule has 0 aliphatic carbocycles. The van der Waals surface area contributed by atoms with Crippen molar-refractivity contribution in [3.63, 3.8) is 0 Å². The molecule has 0 saturated carbocycles. The van der Waals surface area contributed by atoms with Crippen LogP contribution in [0.4, 0.5) is 13.2 Å². The zero-order chi connectivity index (χ0) is 15.4. The molecule has 0 unspecified atom stereocenters. The molecule has 2 rings (SSSR count). The summed E-state index contributed by atoms with van der Waals surface area (Å²) in [4.78, 5) is 0. The summed E-state index contributed by atoms with van der Waals surface area (Å²) in [5.41, 5.74) is -4.34. The third kappa shape index (κ3) is 4.17. The average Bonchev–Trinajstić information content (AvgIpc) is 2.36. The molecule has 1 heterocycles. The van der Waals surface area contributed by atoms with E-state index in [1.807, 2.05) is 0 Å². The van der Waals surface area contributed by atoms with Crippen LogP contribution in [0.15, 0.2) is 42.6 Å². The van der Waals surface area contributed by atoms with Crippen LogP contribution >= 0.6 is 0 Å². The van der Waals surface area contributed by atoms with E-state index in [0.29, 0.717) is 0 Å². The largest absolute Gasteiger partial charge is 0.741 e. The third-order valence-corrected chi connectivity index (χ3v) is 2.98. The number of pyridine rings is 1. The van der Waals surface area contributed by atoms with Gasteiger partial charge in [-0.2, -0.15) is 17.7 Å². The van der Waals surface area contributed by atoms with E-state index in [1.54, 1.807) is 0 Å². The highest BCUT2D eigenvalue weighted by molar-refractivity contribution is 7.86. The minimum Gasteiger partial charge on any atom is -0.741 e. The molecule has 1 aromatic carbocycles. The minimum atomic E-state index is -6.09. The van der Waals surface area contributed by atoms with Crippen LogP contribution in [0.1, 0.15) is 6.92 Å². The molecule has 8 heteroatoms. The zero-order valence-corrected chi connectivity index (χ0v) is 11.3. The molecule has 110 valence electrons. The number of halogens is 3. The van der Waals surface area contributed by atoms with Crippen molar-refractivity contribution < 1.29 is 30.7 Å². The number of aryl methyl sites for hydroxylation is 1. The second-order valence-corrected chi connectivity index (χ2v) is 5.12. The maximum Gasteiger partial charge on any atom is 0.485 e. The van der Waals surface area contributed by atoms with Gasteiger partial charge in [0.25, 0.3) is 0 Å². The van der Waals surface area contributed by atoms with Gasteiger partial charge in [-0.15, -0.1) is 0 Å². The van der Waals surface area contributed by atoms with Crippen LogP contribution in [-0.4, -0.2) is 18.5 Å². The standard InChI is InChI=1S/C11H12N.CHF3O3S/c1-2-12-9-5-7-10-6-3-4-8-11(10)12;2-1(3,4)8(5,6)7/h3-9H,2H2,1H3;(H,5,6,7)/q+1;/p-1. The summed E-state index contributed by atoms with van der Waals surface area (Å²) in [6.07, 6.45) is 2.11. The SMILES string of the molecule is CC[n+]1cccc2ccccc21.O=S(=O)([O-])C(F)(F)F. The van der Waals surface area contributed by atoms with Crippen molar-refractivity contribution in [1.82, 2.24) is 0 Å². The van der Waals surface area contributed by atoms with Crippen molar-refractivity contribution in [3.8, 4) is 0 Å². The van der Waals surface area contributed by atoms with Gasteiger partial charge in [0.2, 0.25) is 5.52 Å². The van der Waals surface area contributed by atoms with E-state index in [2.05, 4.69) is 54.1 Å². The van der Waals surface area contributed by atoms with E-state index in [9.17, 15) is 13.2 Å². The Morgan fingerprint density at radius 3 is 2.15 bits per heavy atom. The Bertz CT molecular complexity index is 678. The lowest BCUT2D eigenvalue weighted by molar-refractivity contribution is -0.667. The molecular formula is C12H12F3NO3S. The first-order valence-corrected chi connectivity index (χ1v) is 6.97. The van der Waals surface area contributed by atoms with Crippen molar-refractivity contribution in [2.45, 2.75) is 19.0 Å². The van der Waals surface area contributed by atoms with Crippen LogP contribution in [0.25, 0.3) is 10.9 Å². The first-order chi connectivity index (χ1) is 9.17. The van der Waals surface area contributed by atoms with Crippen LogP contribution in [0.5, 0.6) is 0 Å². The zero-order valence-electron chi connectivity index (χ0n) is 10.5. The highest BCUT2D eigenvalue weighted by Crippen LogP contribution is 2.20. The number of nitrogens with zero attached hydrogens (tertiary/aromatic N) is 1. The summed E-state index contributed by atoms with van der Waals surface area (Å²) in [5, 5.41) is 1.31. The third-order valence-electron chi connectivity index (χ3n) is 2.41. The smallest absolute Gasteiger partial charge is 0.485 e. The van der Waals surface area contributed by atoms with Gasteiger partial charge in [0.05, 0.1) is 0 Å². The van der Waals surface area contributed by atoms with E-state index < -0.39 is 15.6 Å². The molecule has 0 fully saturated rings. The van der Waals surface area contributed by atoms with E-state index in [1.165, 1.54) is 10.9 Å². The summed E-state index contributed by atoms with van der Waals surface area (Å²) >= 11 is 0. The molecule has 1 aromatic heterocycles. The van der Waals surface area contributed by atoms with Crippen molar-refractivity contribution in [3.05, 3.63) is 42.6 Å². The average molecular weight is 307 g/mol. The first-order valence-electron chi connectivity index (χ1n) is 5.56. The molecule has 0 spiro atoms. The molecular weight excluding hydrogens is 295 g/mol. The topological polar surface area (TPSA) is 61.1 Å². The van der Waals surface area contributed by atoms with Crippen LogP contribution < -0.4 is 4.57 Å². The minimum absolute atomic E-state index is 1.03. The maximum atomic E-state index is 10.7. The predicted octanol–water partition coefficient (Wildman–Crippen LogP) is 2.20. The van der Waals surface area contributed by atoms with Gasteiger partial charge in [0.1, 0.15) is 6.54 Å². The normalized spacial score (nSPS) is 11.8. The number of aromatic nitrogens is 1. The summed E-state index contributed by atoms with van der Waals surface area (Å²) in [7, 11) is -6.09. The van der Waals surface area contributed by atoms with Crippen LogP contribution in [-0.2, 0) is 16.7 Å². The van der Waals surface area contributed by atoms with Gasteiger partial charge in [-0.3, -0.25) is 0 Å². The number of para-hydroxylation sites is 1. The van der Waals surface area contributed by atoms with E-state index in [4.69, 9.17) is 13.0 Å². The molecule has 20 heavy (non-hydrogen) atoms. The van der Waals surface area contributed by atoms with E-state index >= 15 is 0 Å². The quantitative estimate of drug-likeness (QED) is 0.461. The molecule has 0 N–H and O–H groups in total. The number of hydrogen-bond acceptors (Lipinski definition) is 3. The number of rotatable bonds is 1. The van der Waals surface area contributed by atoms with Gasteiger partial charge < -0.3 is 4.55 Å². The fourth-order valence-electron chi connectivity index (χ4n) is 1.50. The molecule has 0 radical (unpaired) electrons. The summed E-state index contributed by atoms with van der Waals surface area (Å²) in [6, 6.07) is 12.7. The second kappa shape index (κ2) is 6.19. The van der Waals surface area contributed by atoms with Gasteiger partial charge in [-0.1, -0.05) is 12.1 Å². The van der Waals surface area contributed by atoms with E-state index in [-0.39, 0.29) is 0 Å². The van der Waals surface area contributed by atoms with Gasteiger partial charge >= 0.3 is 5.51 Å². The van der Waals surface area contributed by atoms with Crippen molar-refractivity contribution >= 4 is 21.0 Å². The Hall–Kier alpha value is -1.67. The Morgan fingerprint density at radius 1 is 1.15 bits per heavy atom. The molecule has 0 atom stereocenters. The van der Waals surface area contributed by atoms with Crippen LogP contribution in [0, 0.1) is 0 Å². The second-order valence-electron chi connectivity index (χ2n) is 3.75. The Morgan fingerprint density at radius 2 is 1.65 bits per heavy atom. The lowest BCUT2D eigenvalue weighted by atomic mass is 10.2. The fraction of sp³-hybridized carbons (Fsp3) is 0.250. The summed E-state index contributed by atoms with van der Waals surface area (Å²) in [6.45, 7) is 3.19. The molecule has 0 amide bonds. The highest BCUT2D eigenvalue weighted by Gasteiger charge is 2.36. The van der Waals surface area contributed by atoms with Crippen molar-refractivity contribution in [1.29, 1.82) is 0 Å². The Balaban J connectivity index is 0.000000221. The van der Waals surface area contributed by atoms with Gasteiger partial charge in [0.15, 0.2) is 16.3 Å². The van der Waals surface area contributed by atoms with Crippen LogP contribution in [0.3, 0.4) is 0 Å². The Kier molecular flexibility index (Phi) is 5.07.